The fourth-order valence-electron chi connectivity index (χ4n) is 2.27. The van der Waals surface area contributed by atoms with Crippen LogP contribution in [0.2, 0.25) is 0 Å². The molecule has 18 heavy (non-hydrogen) atoms. The van der Waals surface area contributed by atoms with Crippen molar-refractivity contribution in [2.45, 2.75) is 38.8 Å². The number of hydrogen-bond acceptors (Lipinski definition) is 4. The number of nitrogens with zero attached hydrogens (tertiary/aromatic N) is 3. The molecule has 0 amide bonds. The summed E-state index contributed by atoms with van der Waals surface area (Å²) in [5.74, 6) is -0.332. The van der Waals surface area contributed by atoms with Gasteiger partial charge in [0.1, 0.15) is 11.4 Å². The van der Waals surface area contributed by atoms with E-state index in [1.165, 1.54) is 6.20 Å². The van der Waals surface area contributed by atoms with Crippen molar-refractivity contribution in [2.75, 3.05) is 18.0 Å². The lowest BCUT2D eigenvalue weighted by atomic mass is 10.3. The highest BCUT2D eigenvalue weighted by atomic mass is 16.4. The van der Waals surface area contributed by atoms with Crippen LogP contribution < -0.4 is 4.90 Å². The lowest BCUT2D eigenvalue weighted by Crippen LogP contribution is -2.26. The minimum Gasteiger partial charge on any atom is -0.477 e. The van der Waals surface area contributed by atoms with Crippen molar-refractivity contribution in [1.82, 2.24) is 9.78 Å². The molecule has 0 radical (unpaired) electrons. The average Bonchev–Trinajstić information content (AvgIpc) is 2.91. The molecule has 1 fully saturated rings. The highest BCUT2D eigenvalue weighted by Crippen LogP contribution is 2.25. The summed E-state index contributed by atoms with van der Waals surface area (Å²) in [5, 5.41) is 22.9. The van der Waals surface area contributed by atoms with E-state index < -0.39 is 5.97 Å². The Labute approximate surface area is 106 Å². The van der Waals surface area contributed by atoms with Crippen LogP contribution in [0.1, 0.15) is 36.5 Å². The molecule has 1 aliphatic heterocycles. The van der Waals surface area contributed by atoms with E-state index in [4.69, 9.17) is 0 Å². The molecule has 0 aliphatic carbocycles. The predicted molar refractivity (Wildman–Crippen MR) is 66.9 cm³/mol. The van der Waals surface area contributed by atoms with Gasteiger partial charge in [-0.05, 0) is 12.8 Å². The van der Waals surface area contributed by atoms with Crippen LogP contribution in [0.25, 0.3) is 0 Å². The number of β-amino-alcohol motifs (C(OH)–C–C–N with tert-alkyl or cyclic N) is 1. The van der Waals surface area contributed by atoms with E-state index in [0.717, 1.165) is 12.8 Å². The van der Waals surface area contributed by atoms with Gasteiger partial charge in [0.25, 0.3) is 0 Å². The first-order valence-electron chi connectivity index (χ1n) is 6.35. The third-order valence-electron chi connectivity index (χ3n) is 3.23. The Hall–Kier alpha value is -1.56. The molecule has 0 aromatic carbocycles. The lowest BCUT2D eigenvalue weighted by Gasteiger charge is -2.20. The molecule has 1 unspecified atom stereocenters. The Bertz CT molecular complexity index is 430. The normalized spacial score (nSPS) is 19.4. The second kappa shape index (κ2) is 5.39. The minimum atomic E-state index is -0.964. The fourth-order valence-corrected chi connectivity index (χ4v) is 2.27. The van der Waals surface area contributed by atoms with Crippen molar-refractivity contribution < 1.29 is 15.0 Å². The largest absolute Gasteiger partial charge is 0.477 e. The van der Waals surface area contributed by atoms with E-state index in [0.29, 0.717) is 31.9 Å². The number of carboxylic acids is 1. The number of aromatic carboxylic acids is 1. The van der Waals surface area contributed by atoms with Gasteiger partial charge >= 0.3 is 5.97 Å². The number of unbranched alkanes of at least 4 members (excludes halogenated alkanes) is 1. The maximum Gasteiger partial charge on any atom is 0.341 e. The molecule has 2 heterocycles. The quantitative estimate of drug-likeness (QED) is 0.817. The van der Waals surface area contributed by atoms with Gasteiger partial charge in [0.05, 0.1) is 12.3 Å². The van der Waals surface area contributed by atoms with Gasteiger partial charge in [-0.15, -0.1) is 0 Å². The molecule has 1 atom stereocenters. The molecule has 0 bridgehead atoms. The second-order valence-corrected chi connectivity index (χ2v) is 4.65. The molecule has 1 aromatic heterocycles. The SMILES string of the molecule is CCCCn1ncc(C(=O)O)c1N1CCC(O)C1. The van der Waals surface area contributed by atoms with E-state index in [2.05, 4.69) is 12.0 Å². The van der Waals surface area contributed by atoms with Crippen LogP contribution in [0.15, 0.2) is 6.20 Å². The summed E-state index contributed by atoms with van der Waals surface area (Å²) < 4.78 is 1.74. The molecule has 1 saturated heterocycles. The average molecular weight is 253 g/mol. The van der Waals surface area contributed by atoms with Gasteiger partial charge in [-0.2, -0.15) is 5.10 Å². The monoisotopic (exact) mass is 253 g/mol. The van der Waals surface area contributed by atoms with Crippen molar-refractivity contribution in [2.24, 2.45) is 0 Å². The summed E-state index contributed by atoms with van der Waals surface area (Å²) in [6.45, 7) is 3.96. The maximum absolute atomic E-state index is 11.2. The van der Waals surface area contributed by atoms with Gasteiger partial charge in [0.15, 0.2) is 0 Å². The number of anilines is 1. The summed E-state index contributed by atoms with van der Waals surface area (Å²) in [6, 6.07) is 0. The minimum absolute atomic E-state index is 0.222. The van der Waals surface area contributed by atoms with Crippen molar-refractivity contribution >= 4 is 11.8 Å². The summed E-state index contributed by atoms with van der Waals surface area (Å²) in [5.41, 5.74) is 0.222. The number of aliphatic hydroxyl groups is 1. The van der Waals surface area contributed by atoms with Crippen LogP contribution >= 0.6 is 0 Å². The second-order valence-electron chi connectivity index (χ2n) is 4.65. The number of aliphatic hydroxyl groups excluding tert-OH is 1. The number of rotatable bonds is 5. The third kappa shape index (κ3) is 2.48. The Morgan fingerprint density at radius 2 is 2.39 bits per heavy atom. The van der Waals surface area contributed by atoms with E-state index in [1.807, 2.05) is 4.90 Å². The molecule has 100 valence electrons. The molecule has 2 N–H and O–H groups in total. The Morgan fingerprint density at radius 1 is 1.61 bits per heavy atom. The smallest absolute Gasteiger partial charge is 0.341 e. The topological polar surface area (TPSA) is 78.6 Å². The first kappa shape index (κ1) is 12.9. The molecule has 1 aliphatic rings. The molecule has 0 saturated carbocycles. The zero-order chi connectivity index (χ0) is 13.1. The number of carbonyl (C=O) groups is 1. The van der Waals surface area contributed by atoms with Gasteiger partial charge in [-0.3, -0.25) is 0 Å². The Morgan fingerprint density at radius 3 is 2.94 bits per heavy atom. The van der Waals surface area contributed by atoms with Gasteiger partial charge in [0.2, 0.25) is 0 Å². The maximum atomic E-state index is 11.2. The van der Waals surface area contributed by atoms with E-state index in [1.54, 1.807) is 4.68 Å². The van der Waals surface area contributed by atoms with Gasteiger partial charge in [-0.1, -0.05) is 13.3 Å². The Kier molecular flexibility index (Phi) is 3.86. The van der Waals surface area contributed by atoms with Gasteiger partial charge < -0.3 is 15.1 Å². The number of hydrogen-bond donors (Lipinski definition) is 2. The number of aromatic nitrogens is 2. The number of aryl methyl sites for hydroxylation is 1. The summed E-state index contributed by atoms with van der Waals surface area (Å²) >= 11 is 0. The fraction of sp³-hybridized carbons (Fsp3) is 0.667. The van der Waals surface area contributed by atoms with E-state index >= 15 is 0 Å². The van der Waals surface area contributed by atoms with Crippen LogP contribution in [0.3, 0.4) is 0 Å². The van der Waals surface area contributed by atoms with Crippen molar-refractivity contribution in [3.05, 3.63) is 11.8 Å². The molecule has 6 heteroatoms. The van der Waals surface area contributed by atoms with Gasteiger partial charge in [-0.25, -0.2) is 9.48 Å². The zero-order valence-corrected chi connectivity index (χ0v) is 10.5. The highest BCUT2D eigenvalue weighted by Gasteiger charge is 2.27. The van der Waals surface area contributed by atoms with Crippen LogP contribution in [0.5, 0.6) is 0 Å². The van der Waals surface area contributed by atoms with Crippen molar-refractivity contribution in [3.8, 4) is 0 Å². The molecule has 2 rings (SSSR count). The zero-order valence-electron chi connectivity index (χ0n) is 10.5. The lowest BCUT2D eigenvalue weighted by molar-refractivity contribution is 0.0697. The summed E-state index contributed by atoms with van der Waals surface area (Å²) in [4.78, 5) is 13.1. The van der Waals surface area contributed by atoms with Crippen LogP contribution in [-0.2, 0) is 6.54 Å². The Balaban J connectivity index is 2.28. The highest BCUT2D eigenvalue weighted by molar-refractivity contribution is 5.93. The van der Waals surface area contributed by atoms with Gasteiger partial charge in [0, 0.05) is 19.6 Å². The first-order valence-corrected chi connectivity index (χ1v) is 6.35. The van der Waals surface area contributed by atoms with Crippen LogP contribution in [-0.4, -0.2) is 45.2 Å². The summed E-state index contributed by atoms with van der Waals surface area (Å²) in [6.07, 6.45) is 3.70. The van der Waals surface area contributed by atoms with E-state index in [-0.39, 0.29) is 11.7 Å². The standard InChI is InChI=1S/C12H19N3O3/c1-2-3-5-15-11(10(7-13-15)12(17)18)14-6-4-9(16)8-14/h7,9,16H,2-6,8H2,1H3,(H,17,18). The molecular weight excluding hydrogens is 234 g/mol. The number of carboxylic acid groups (broad SMARTS) is 1. The predicted octanol–water partition coefficient (Wildman–Crippen LogP) is 0.952. The molecule has 1 aromatic rings. The summed E-state index contributed by atoms with van der Waals surface area (Å²) in [7, 11) is 0. The van der Waals surface area contributed by atoms with Crippen LogP contribution in [0.4, 0.5) is 5.82 Å². The van der Waals surface area contributed by atoms with Crippen LogP contribution in [0, 0.1) is 0 Å². The third-order valence-corrected chi connectivity index (χ3v) is 3.23. The molecule has 6 nitrogen and oxygen atoms in total. The van der Waals surface area contributed by atoms with Crippen molar-refractivity contribution in [3.63, 3.8) is 0 Å². The molecular formula is C12H19N3O3. The molecule has 0 spiro atoms. The van der Waals surface area contributed by atoms with Crippen molar-refractivity contribution in [1.29, 1.82) is 0 Å². The van der Waals surface area contributed by atoms with E-state index in [9.17, 15) is 15.0 Å². The first-order chi connectivity index (χ1) is 8.63.